The lowest BCUT2D eigenvalue weighted by Gasteiger charge is -2.16. The first kappa shape index (κ1) is 16.0. The number of benzene rings is 2. The third-order valence-electron chi connectivity index (χ3n) is 3.19. The van der Waals surface area contributed by atoms with Crippen molar-refractivity contribution in [2.75, 3.05) is 19.5 Å². The molecule has 2 aromatic rings. The fourth-order valence-corrected chi connectivity index (χ4v) is 2.09. The van der Waals surface area contributed by atoms with Crippen molar-refractivity contribution in [2.24, 2.45) is 0 Å². The zero-order chi connectivity index (χ0) is 16.2. The summed E-state index contributed by atoms with van der Waals surface area (Å²) >= 11 is 0. The molecule has 0 fully saturated rings. The van der Waals surface area contributed by atoms with Gasteiger partial charge in [-0.2, -0.15) is 13.2 Å². The highest BCUT2D eigenvalue weighted by atomic mass is 19.4. The van der Waals surface area contributed by atoms with Crippen molar-refractivity contribution >= 4 is 5.69 Å². The number of halogens is 3. The number of ether oxygens (including phenoxy) is 2. The maximum atomic E-state index is 13.0. The van der Waals surface area contributed by atoms with E-state index in [1.165, 1.54) is 26.4 Å². The van der Waals surface area contributed by atoms with Crippen LogP contribution in [0.4, 0.5) is 18.9 Å². The number of anilines is 1. The molecule has 0 unspecified atom stereocenters. The third kappa shape index (κ3) is 3.63. The minimum absolute atomic E-state index is 0.0277. The summed E-state index contributed by atoms with van der Waals surface area (Å²) in [5, 5.41) is 2.81. The van der Waals surface area contributed by atoms with Crippen LogP contribution in [-0.4, -0.2) is 14.2 Å². The fraction of sp³-hybridized carbons (Fsp3) is 0.250. The summed E-state index contributed by atoms with van der Waals surface area (Å²) in [5.41, 5.74) is 0.0376. The SMILES string of the molecule is COc1ccc(OC)c(CNc2ccccc2C(F)(F)F)c1. The summed E-state index contributed by atoms with van der Waals surface area (Å²) in [6.07, 6.45) is -4.40. The van der Waals surface area contributed by atoms with Gasteiger partial charge in [0.2, 0.25) is 0 Å². The number of rotatable bonds is 5. The van der Waals surface area contributed by atoms with E-state index in [0.29, 0.717) is 17.1 Å². The Labute approximate surface area is 126 Å². The molecule has 0 amide bonds. The molecule has 0 saturated heterocycles. The number of methoxy groups -OCH3 is 2. The van der Waals surface area contributed by atoms with Gasteiger partial charge in [-0.05, 0) is 30.3 Å². The van der Waals surface area contributed by atoms with Gasteiger partial charge in [-0.3, -0.25) is 0 Å². The summed E-state index contributed by atoms with van der Waals surface area (Å²) in [4.78, 5) is 0. The number of hydrogen-bond donors (Lipinski definition) is 1. The van der Waals surface area contributed by atoms with Gasteiger partial charge in [0.25, 0.3) is 0 Å². The van der Waals surface area contributed by atoms with E-state index in [1.54, 1.807) is 24.3 Å². The molecule has 0 aromatic heterocycles. The molecule has 2 rings (SSSR count). The topological polar surface area (TPSA) is 30.5 Å². The van der Waals surface area contributed by atoms with E-state index < -0.39 is 11.7 Å². The molecule has 0 aliphatic heterocycles. The lowest BCUT2D eigenvalue weighted by molar-refractivity contribution is -0.136. The molecule has 22 heavy (non-hydrogen) atoms. The Morgan fingerprint density at radius 2 is 1.73 bits per heavy atom. The van der Waals surface area contributed by atoms with Crippen molar-refractivity contribution in [3.63, 3.8) is 0 Å². The quantitative estimate of drug-likeness (QED) is 0.891. The van der Waals surface area contributed by atoms with E-state index in [4.69, 9.17) is 9.47 Å². The van der Waals surface area contributed by atoms with E-state index in [9.17, 15) is 13.2 Å². The standard InChI is InChI=1S/C16H16F3NO2/c1-21-12-7-8-15(22-2)11(9-12)10-20-14-6-4-3-5-13(14)16(17,18)19/h3-9,20H,10H2,1-2H3. The van der Waals surface area contributed by atoms with E-state index in [-0.39, 0.29) is 12.2 Å². The van der Waals surface area contributed by atoms with Crippen LogP contribution < -0.4 is 14.8 Å². The van der Waals surface area contributed by atoms with Gasteiger partial charge < -0.3 is 14.8 Å². The first-order valence-corrected chi connectivity index (χ1v) is 6.56. The highest BCUT2D eigenvalue weighted by molar-refractivity contribution is 5.54. The highest BCUT2D eigenvalue weighted by Gasteiger charge is 2.33. The van der Waals surface area contributed by atoms with E-state index >= 15 is 0 Å². The van der Waals surface area contributed by atoms with Gasteiger partial charge in [-0.15, -0.1) is 0 Å². The van der Waals surface area contributed by atoms with E-state index in [0.717, 1.165) is 6.07 Å². The lowest BCUT2D eigenvalue weighted by atomic mass is 10.1. The van der Waals surface area contributed by atoms with Crippen molar-refractivity contribution in [1.82, 2.24) is 0 Å². The maximum Gasteiger partial charge on any atom is 0.418 e. The molecule has 2 aromatic carbocycles. The van der Waals surface area contributed by atoms with Crippen LogP contribution in [0.3, 0.4) is 0 Å². The molecule has 3 nitrogen and oxygen atoms in total. The second-order valence-electron chi connectivity index (χ2n) is 4.57. The van der Waals surface area contributed by atoms with Gasteiger partial charge in [-0.25, -0.2) is 0 Å². The highest BCUT2D eigenvalue weighted by Crippen LogP contribution is 2.35. The third-order valence-corrected chi connectivity index (χ3v) is 3.19. The fourth-order valence-electron chi connectivity index (χ4n) is 2.09. The van der Waals surface area contributed by atoms with Crippen molar-refractivity contribution in [1.29, 1.82) is 0 Å². The van der Waals surface area contributed by atoms with Crippen LogP contribution in [0.5, 0.6) is 11.5 Å². The number of hydrogen-bond acceptors (Lipinski definition) is 3. The zero-order valence-corrected chi connectivity index (χ0v) is 12.2. The molecule has 0 aliphatic carbocycles. The Bertz CT molecular complexity index is 642. The van der Waals surface area contributed by atoms with Gasteiger partial charge in [0.05, 0.1) is 19.8 Å². The maximum absolute atomic E-state index is 13.0. The summed E-state index contributed by atoms with van der Waals surface area (Å²) < 4.78 is 49.2. The normalized spacial score (nSPS) is 11.1. The summed E-state index contributed by atoms with van der Waals surface area (Å²) in [6, 6.07) is 10.5. The molecular formula is C16H16F3NO2. The number of nitrogens with one attached hydrogen (secondary N) is 1. The predicted octanol–water partition coefficient (Wildman–Crippen LogP) is 4.33. The molecular weight excluding hydrogens is 295 g/mol. The van der Waals surface area contributed by atoms with Crippen LogP contribution in [0.25, 0.3) is 0 Å². The Hall–Kier alpha value is -2.37. The van der Waals surface area contributed by atoms with Crippen LogP contribution in [-0.2, 0) is 12.7 Å². The predicted molar refractivity (Wildman–Crippen MR) is 78.3 cm³/mol. The molecule has 0 aliphatic rings. The average molecular weight is 311 g/mol. The van der Waals surface area contributed by atoms with Crippen LogP contribution in [0.1, 0.15) is 11.1 Å². The molecule has 0 bridgehead atoms. The van der Waals surface area contributed by atoms with Crippen molar-refractivity contribution in [3.8, 4) is 11.5 Å². The Morgan fingerprint density at radius 1 is 1.00 bits per heavy atom. The van der Waals surface area contributed by atoms with Gasteiger partial charge >= 0.3 is 6.18 Å². The molecule has 0 spiro atoms. The van der Waals surface area contributed by atoms with Gasteiger partial charge in [0.15, 0.2) is 0 Å². The second-order valence-corrected chi connectivity index (χ2v) is 4.57. The lowest BCUT2D eigenvalue weighted by Crippen LogP contribution is -2.11. The van der Waals surface area contributed by atoms with Crippen molar-refractivity contribution in [3.05, 3.63) is 53.6 Å². The summed E-state index contributed by atoms with van der Waals surface area (Å²) in [6.45, 7) is 0.188. The molecule has 1 N–H and O–H groups in total. The first-order chi connectivity index (χ1) is 10.5. The summed E-state index contributed by atoms with van der Waals surface area (Å²) in [5.74, 6) is 1.19. The molecule has 0 heterocycles. The first-order valence-electron chi connectivity index (χ1n) is 6.56. The smallest absolute Gasteiger partial charge is 0.418 e. The van der Waals surface area contributed by atoms with Gasteiger partial charge in [0, 0.05) is 17.8 Å². The van der Waals surface area contributed by atoms with Crippen LogP contribution in [0, 0.1) is 0 Å². The largest absolute Gasteiger partial charge is 0.497 e. The molecule has 0 saturated carbocycles. The molecule has 118 valence electrons. The molecule has 0 radical (unpaired) electrons. The Morgan fingerprint density at radius 3 is 2.36 bits per heavy atom. The van der Waals surface area contributed by atoms with E-state index in [1.807, 2.05) is 0 Å². The van der Waals surface area contributed by atoms with Gasteiger partial charge in [0.1, 0.15) is 11.5 Å². The molecule has 6 heteroatoms. The van der Waals surface area contributed by atoms with Crippen LogP contribution in [0.15, 0.2) is 42.5 Å². The minimum atomic E-state index is -4.40. The van der Waals surface area contributed by atoms with Gasteiger partial charge in [-0.1, -0.05) is 12.1 Å². The minimum Gasteiger partial charge on any atom is -0.497 e. The number of para-hydroxylation sites is 1. The van der Waals surface area contributed by atoms with Crippen LogP contribution >= 0.6 is 0 Å². The number of alkyl halides is 3. The monoisotopic (exact) mass is 311 g/mol. The second kappa shape index (κ2) is 6.60. The Balaban J connectivity index is 2.24. The summed E-state index contributed by atoms with van der Waals surface area (Å²) in [7, 11) is 3.03. The van der Waals surface area contributed by atoms with Crippen molar-refractivity contribution in [2.45, 2.75) is 12.7 Å². The average Bonchev–Trinajstić information content (AvgIpc) is 2.52. The van der Waals surface area contributed by atoms with Crippen molar-refractivity contribution < 1.29 is 22.6 Å². The molecule has 0 atom stereocenters. The Kier molecular flexibility index (Phi) is 4.80. The van der Waals surface area contributed by atoms with E-state index in [2.05, 4.69) is 5.32 Å². The zero-order valence-electron chi connectivity index (χ0n) is 12.2. The van der Waals surface area contributed by atoms with Crippen LogP contribution in [0.2, 0.25) is 0 Å².